The third-order valence-corrected chi connectivity index (χ3v) is 8.30. The quantitative estimate of drug-likeness (QED) is 0.219. The van der Waals surface area contributed by atoms with Gasteiger partial charge < -0.3 is 25.2 Å². The van der Waals surface area contributed by atoms with Crippen LogP contribution in [0.1, 0.15) is 18.3 Å². The number of hydrogen-bond acceptors (Lipinski definition) is 6. The molecule has 6 heterocycles. The molecule has 0 spiro atoms. The number of ketones is 1. The Kier molecular flexibility index (Phi) is 11.5. The number of primary amides is 1. The number of Topliss-reactive ketones (excluding diaryl/α,β-unsaturated/α-hetero) is 1. The van der Waals surface area contributed by atoms with Crippen LogP contribution >= 0.6 is 60.2 Å². The number of aryl methyl sites for hydroxylation is 3. The average molecular weight is 798 g/mol. The third-order valence-electron chi connectivity index (χ3n) is 6.40. The number of carbonyl (C=O) groups is 2. The van der Waals surface area contributed by atoms with Crippen molar-refractivity contribution in [1.82, 2.24) is 28.7 Å². The van der Waals surface area contributed by atoms with Crippen LogP contribution < -0.4 is 11.5 Å². The zero-order chi connectivity index (χ0) is 30.7. The molecule has 0 unspecified atom stereocenters. The van der Waals surface area contributed by atoms with E-state index in [0.29, 0.717) is 17.9 Å². The van der Waals surface area contributed by atoms with Gasteiger partial charge in [0.25, 0.3) is 0 Å². The Balaban J connectivity index is 0.000000176. The Morgan fingerprint density at radius 1 is 0.698 bits per heavy atom. The predicted molar refractivity (Wildman–Crippen MR) is 184 cm³/mol. The summed E-state index contributed by atoms with van der Waals surface area (Å²) < 4.78 is 9.06. The van der Waals surface area contributed by atoms with Gasteiger partial charge in [-0.1, -0.05) is 0 Å². The van der Waals surface area contributed by atoms with E-state index in [1.165, 1.54) is 0 Å². The molecule has 43 heavy (non-hydrogen) atoms. The maximum Gasteiger partial charge on any atom is 0.223 e. The molecule has 14 heteroatoms. The lowest BCUT2D eigenvalue weighted by Crippen LogP contribution is -2.14. The van der Waals surface area contributed by atoms with E-state index in [0.717, 1.165) is 51.8 Å². The highest BCUT2D eigenvalue weighted by molar-refractivity contribution is 9.11. The van der Waals surface area contributed by atoms with Crippen molar-refractivity contribution < 1.29 is 9.59 Å². The number of nitrogens with zero attached hydrogens (tertiary/aromatic N) is 6. The Hall–Kier alpha value is -3.26. The first-order valence-corrected chi connectivity index (χ1v) is 15.0. The van der Waals surface area contributed by atoms with Crippen LogP contribution in [0.3, 0.4) is 0 Å². The molecule has 0 radical (unpaired) electrons. The lowest BCUT2D eigenvalue weighted by molar-refractivity contribution is -0.117. The molecule has 0 saturated carbocycles. The summed E-state index contributed by atoms with van der Waals surface area (Å²) in [7, 11) is 5.90. The molecule has 0 bridgehead atoms. The number of rotatable bonds is 4. The monoisotopic (exact) mass is 794 g/mol. The van der Waals surface area contributed by atoms with Crippen molar-refractivity contribution in [3.05, 3.63) is 80.2 Å². The lowest BCUT2D eigenvalue weighted by atomic mass is 10.2. The van der Waals surface area contributed by atoms with Gasteiger partial charge in [-0.3, -0.25) is 19.6 Å². The van der Waals surface area contributed by atoms with Gasteiger partial charge in [0.15, 0.2) is 0 Å². The van der Waals surface area contributed by atoms with Crippen molar-refractivity contribution in [3.8, 4) is 0 Å². The summed E-state index contributed by atoms with van der Waals surface area (Å²) in [6, 6.07) is 5.70. The van der Waals surface area contributed by atoms with Gasteiger partial charge in [-0.05, 0) is 72.9 Å². The summed E-state index contributed by atoms with van der Waals surface area (Å²) >= 11 is 10.4. The van der Waals surface area contributed by atoms with E-state index < -0.39 is 0 Å². The van der Waals surface area contributed by atoms with Crippen LogP contribution in [0.15, 0.2) is 68.8 Å². The SMILES string of the molecule is CC(=O)Cc1cc2c(Br)cn(C)c2cn1.Cl.Cn1cc(Br)c2cc(CC(N)=O)ncc21.Cn1cc(Br)c2cc(N)ncc21. The largest absolute Gasteiger partial charge is 0.384 e. The Morgan fingerprint density at radius 3 is 1.47 bits per heavy atom. The molecule has 6 rings (SSSR count). The molecule has 1 amide bonds. The number of amides is 1. The highest BCUT2D eigenvalue weighted by Crippen LogP contribution is 2.27. The topological polar surface area (TPSA) is 140 Å². The second-order valence-corrected chi connectivity index (χ2v) is 12.4. The van der Waals surface area contributed by atoms with Crippen molar-refractivity contribution in [2.45, 2.75) is 19.8 Å². The molecule has 0 atom stereocenters. The van der Waals surface area contributed by atoms with Crippen LogP contribution in [-0.2, 0) is 43.6 Å². The average Bonchev–Trinajstić information content (AvgIpc) is 3.47. The van der Waals surface area contributed by atoms with Crippen molar-refractivity contribution in [2.24, 2.45) is 26.9 Å². The number of carbonyl (C=O) groups excluding carboxylic acids is 2. The molecule has 0 saturated heterocycles. The minimum Gasteiger partial charge on any atom is -0.384 e. The van der Waals surface area contributed by atoms with Crippen molar-refractivity contribution in [3.63, 3.8) is 0 Å². The number of fused-ring (bicyclic) bond motifs is 3. The summed E-state index contributed by atoms with van der Waals surface area (Å²) in [6.45, 7) is 1.58. The summed E-state index contributed by atoms with van der Waals surface area (Å²) in [5.74, 6) is 0.317. The van der Waals surface area contributed by atoms with Gasteiger partial charge in [0.05, 0.1) is 47.3 Å². The molecule has 6 aromatic heterocycles. The van der Waals surface area contributed by atoms with Crippen molar-refractivity contribution in [2.75, 3.05) is 5.73 Å². The number of anilines is 1. The Morgan fingerprint density at radius 2 is 1.07 bits per heavy atom. The van der Waals surface area contributed by atoms with Crippen LogP contribution in [0.2, 0.25) is 0 Å². The van der Waals surface area contributed by atoms with E-state index in [-0.39, 0.29) is 30.5 Å². The number of pyridine rings is 3. The zero-order valence-electron chi connectivity index (χ0n) is 23.8. The minimum atomic E-state index is -0.367. The van der Waals surface area contributed by atoms with Crippen LogP contribution in [0, 0.1) is 0 Å². The molecule has 0 aliphatic carbocycles. The first-order valence-electron chi connectivity index (χ1n) is 12.7. The molecule has 10 nitrogen and oxygen atoms in total. The smallest absolute Gasteiger partial charge is 0.223 e. The number of halogens is 4. The van der Waals surface area contributed by atoms with Crippen LogP contribution in [-0.4, -0.2) is 40.3 Å². The molecule has 226 valence electrons. The number of nitrogens with two attached hydrogens (primary N) is 2. The molecule has 0 aliphatic heterocycles. The van der Waals surface area contributed by atoms with E-state index >= 15 is 0 Å². The van der Waals surface area contributed by atoms with E-state index in [1.54, 1.807) is 25.5 Å². The summed E-state index contributed by atoms with van der Waals surface area (Å²) in [5, 5.41) is 3.25. The van der Waals surface area contributed by atoms with Crippen molar-refractivity contribution in [1.29, 1.82) is 0 Å². The van der Waals surface area contributed by atoms with Gasteiger partial charge in [0.1, 0.15) is 11.6 Å². The first kappa shape index (κ1) is 34.2. The lowest BCUT2D eigenvalue weighted by Gasteiger charge is -1.99. The van der Waals surface area contributed by atoms with E-state index in [4.69, 9.17) is 11.5 Å². The number of nitrogen functional groups attached to an aromatic ring is 1. The highest BCUT2D eigenvalue weighted by Gasteiger charge is 2.09. The number of hydrogen-bond donors (Lipinski definition) is 2. The second-order valence-electron chi connectivity index (χ2n) is 9.80. The zero-order valence-corrected chi connectivity index (χ0v) is 29.4. The van der Waals surface area contributed by atoms with E-state index in [2.05, 4.69) is 62.7 Å². The summed E-state index contributed by atoms with van der Waals surface area (Å²) in [6.07, 6.45) is 11.8. The maximum absolute atomic E-state index is 11.0. The normalized spacial score (nSPS) is 10.6. The van der Waals surface area contributed by atoms with Gasteiger partial charge in [-0.25, -0.2) is 4.98 Å². The minimum absolute atomic E-state index is 0. The summed E-state index contributed by atoms with van der Waals surface area (Å²) in [4.78, 5) is 34.2. The van der Waals surface area contributed by atoms with Crippen LogP contribution in [0.4, 0.5) is 5.82 Å². The van der Waals surface area contributed by atoms with Gasteiger partial charge in [-0.2, -0.15) is 0 Å². The van der Waals surface area contributed by atoms with Gasteiger partial charge in [0.2, 0.25) is 5.91 Å². The fourth-order valence-corrected chi connectivity index (χ4v) is 6.29. The second kappa shape index (κ2) is 14.5. The molecule has 0 fully saturated rings. The molecule has 0 aromatic carbocycles. The van der Waals surface area contributed by atoms with Gasteiger partial charge in [-0.15, -0.1) is 12.4 Å². The molecule has 4 N–H and O–H groups in total. The molecular weight excluding hydrogens is 768 g/mol. The fraction of sp³-hybridized carbons (Fsp3) is 0.207. The molecular formula is C29H30Br3ClN8O2. The van der Waals surface area contributed by atoms with Crippen molar-refractivity contribution >= 4 is 110 Å². The first-order chi connectivity index (χ1) is 19.8. The van der Waals surface area contributed by atoms with Gasteiger partial charge in [0, 0.05) is 81.4 Å². The van der Waals surface area contributed by atoms with E-state index in [1.807, 2.05) is 71.6 Å². The highest BCUT2D eigenvalue weighted by atomic mass is 79.9. The van der Waals surface area contributed by atoms with Crippen LogP contribution in [0.25, 0.3) is 32.7 Å². The van der Waals surface area contributed by atoms with Crippen LogP contribution in [0.5, 0.6) is 0 Å². The predicted octanol–water partition coefficient (Wildman–Crippen LogP) is 6.17. The standard InChI is InChI=1S/C11H11BrN2O.C10H10BrN3O.C8H8BrN3.ClH/c1-7(15)3-8-4-9-10(12)6-14(2)11(9)5-13-8;1-14-5-8(11)7-2-6(3-10(12)15)13-4-9(7)14;1-12-4-6(9)5-2-8(10)11-3-7(5)12;/h4-6H,3H2,1-2H3;2,4-5H,3H2,1H3,(H2,12,15);2-4H,1H3,(H2,10,11);1H. The Labute approximate surface area is 279 Å². The van der Waals surface area contributed by atoms with E-state index in [9.17, 15) is 9.59 Å². The fourth-order valence-electron chi connectivity index (χ4n) is 4.42. The number of aromatic nitrogens is 6. The Bertz CT molecular complexity index is 1850. The molecule has 6 aromatic rings. The maximum atomic E-state index is 11.0. The molecule has 0 aliphatic rings. The third kappa shape index (κ3) is 8.22. The summed E-state index contributed by atoms with van der Waals surface area (Å²) in [5.41, 5.74) is 15.4. The van der Waals surface area contributed by atoms with Gasteiger partial charge >= 0.3 is 0 Å².